The molecule has 0 aromatic rings. The smallest absolute Gasteiger partial charge is 0.240 e. The number of amides is 1. The molecular weight excluding hydrogens is 204 g/mol. The number of aliphatic hydroxyl groups is 1. The number of carbonyl (C=O) groups excluding carboxylic acids is 1. The van der Waals surface area contributed by atoms with Gasteiger partial charge in [0.15, 0.2) is 0 Å². The summed E-state index contributed by atoms with van der Waals surface area (Å²) in [6.07, 6.45) is 3.99. The summed E-state index contributed by atoms with van der Waals surface area (Å²) >= 11 is 0. The molecular formula is C12H22N2O2. The molecule has 4 N–H and O–H groups in total. The van der Waals surface area contributed by atoms with Gasteiger partial charge >= 0.3 is 0 Å². The summed E-state index contributed by atoms with van der Waals surface area (Å²) in [5.41, 5.74) is 5.20. The summed E-state index contributed by atoms with van der Waals surface area (Å²) in [6.45, 7) is 3.95. The minimum Gasteiger partial charge on any atom is -0.392 e. The quantitative estimate of drug-likeness (QED) is 0.643. The van der Waals surface area contributed by atoms with Gasteiger partial charge in [0.1, 0.15) is 0 Å². The average molecular weight is 226 g/mol. The Morgan fingerprint density at radius 3 is 2.38 bits per heavy atom. The second-order valence-corrected chi connectivity index (χ2v) is 5.96. The van der Waals surface area contributed by atoms with Crippen LogP contribution >= 0.6 is 0 Å². The maximum Gasteiger partial charge on any atom is 0.240 e. The summed E-state index contributed by atoms with van der Waals surface area (Å²) in [5, 5.41) is 12.6. The lowest BCUT2D eigenvalue weighted by atomic mass is 9.64. The van der Waals surface area contributed by atoms with Crippen LogP contribution in [0, 0.1) is 5.41 Å². The molecule has 2 fully saturated rings. The van der Waals surface area contributed by atoms with E-state index >= 15 is 0 Å². The molecule has 0 aromatic carbocycles. The first-order valence-electron chi connectivity index (χ1n) is 6.14. The summed E-state index contributed by atoms with van der Waals surface area (Å²) in [7, 11) is 0. The molecule has 4 heteroatoms. The van der Waals surface area contributed by atoms with Gasteiger partial charge in [-0.25, -0.2) is 0 Å². The highest BCUT2D eigenvalue weighted by atomic mass is 16.3. The van der Waals surface area contributed by atoms with Gasteiger partial charge in [-0.2, -0.15) is 0 Å². The average Bonchev–Trinajstić information content (AvgIpc) is 2.66. The molecule has 2 unspecified atom stereocenters. The largest absolute Gasteiger partial charge is 0.392 e. The van der Waals surface area contributed by atoms with Crippen LogP contribution in [0.4, 0.5) is 0 Å². The van der Waals surface area contributed by atoms with Gasteiger partial charge in [0.05, 0.1) is 11.6 Å². The topological polar surface area (TPSA) is 75.3 Å². The lowest BCUT2D eigenvalue weighted by molar-refractivity contribution is -0.134. The fourth-order valence-corrected chi connectivity index (χ4v) is 2.68. The van der Waals surface area contributed by atoms with Crippen LogP contribution < -0.4 is 11.1 Å². The normalized spacial score (nSPS) is 35.5. The maximum atomic E-state index is 12.0. The standard InChI is InChI=1S/C12H22N2O2/c1-11(2)8(7-9(11)15)14-10(16)12(13)5-3-4-6-12/h8-9,15H,3-7,13H2,1-2H3,(H,14,16). The van der Waals surface area contributed by atoms with Gasteiger partial charge in [0.2, 0.25) is 5.91 Å². The van der Waals surface area contributed by atoms with Crippen molar-refractivity contribution in [2.75, 3.05) is 0 Å². The Balaban J connectivity index is 1.94. The van der Waals surface area contributed by atoms with Crippen LogP contribution in [-0.4, -0.2) is 28.7 Å². The first-order valence-corrected chi connectivity index (χ1v) is 6.14. The minimum absolute atomic E-state index is 0.0324. The Kier molecular flexibility index (Phi) is 2.75. The zero-order valence-corrected chi connectivity index (χ0v) is 10.1. The van der Waals surface area contributed by atoms with E-state index in [9.17, 15) is 9.90 Å². The maximum absolute atomic E-state index is 12.0. The second-order valence-electron chi connectivity index (χ2n) is 5.96. The molecule has 1 amide bonds. The van der Waals surface area contributed by atoms with Crippen molar-refractivity contribution in [1.29, 1.82) is 0 Å². The Bertz CT molecular complexity index is 295. The van der Waals surface area contributed by atoms with Crippen molar-refractivity contribution in [1.82, 2.24) is 5.32 Å². The molecule has 4 nitrogen and oxygen atoms in total. The summed E-state index contributed by atoms with van der Waals surface area (Å²) in [4.78, 5) is 12.0. The van der Waals surface area contributed by atoms with Crippen LogP contribution in [0.2, 0.25) is 0 Å². The monoisotopic (exact) mass is 226 g/mol. The van der Waals surface area contributed by atoms with Crippen molar-refractivity contribution >= 4 is 5.91 Å². The van der Waals surface area contributed by atoms with E-state index in [1.54, 1.807) is 0 Å². The van der Waals surface area contributed by atoms with Crippen LogP contribution in [-0.2, 0) is 4.79 Å². The van der Waals surface area contributed by atoms with E-state index in [0.717, 1.165) is 25.7 Å². The summed E-state index contributed by atoms with van der Waals surface area (Å²) < 4.78 is 0. The highest BCUT2D eigenvalue weighted by Gasteiger charge is 2.49. The molecule has 0 saturated heterocycles. The highest BCUT2D eigenvalue weighted by molar-refractivity contribution is 5.86. The first kappa shape index (κ1) is 11.9. The fourth-order valence-electron chi connectivity index (χ4n) is 2.68. The molecule has 2 aliphatic carbocycles. The van der Waals surface area contributed by atoms with E-state index in [0.29, 0.717) is 6.42 Å². The molecule has 2 aliphatic rings. The van der Waals surface area contributed by atoms with Crippen molar-refractivity contribution < 1.29 is 9.90 Å². The van der Waals surface area contributed by atoms with Crippen LogP contribution in [0.1, 0.15) is 46.0 Å². The molecule has 0 bridgehead atoms. The fraction of sp³-hybridized carbons (Fsp3) is 0.917. The summed E-state index contributed by atoms with van der Waals surface area (Å²) in [6, 6.07) is 0.0658. The van der Waals surface area contributed by atoms with E-state index < -0.39 is 5.54 Å². The summed E-state index contributed by atoms with van der Waals surface area (Å²) in [5.74, 6) is -0.0324. The van der Waals surface area contributed by atoms with Gasteiger partial charge in [0, 0.05) is 11.5 Å². The number of nitrogens with two attached hydrogens (primary N) is 1. The van der Waals surface area contributed by atoms with E-state index in [4.69, 9.17) is 5.73 Å². The zero-order chi connectivity index (χ0) is 12.0. The van der Waals surface area contributed by atoms with Gasteiger partial charge in [-0.15, -0.1) is 0 Å². The molecule has 92 valence electrons. The minimum atomic E-state index is -0.656. The van der Waals surface area contributed by atoms with Crippen molar-refractivity contribution in [3.8, 4) is 0 Å². The third-order valence-corrected chi connectivity index (χ3v) is 4.47. The molecule has 0 radical (unpaired) electrons. The van der Waals surface area contributed by atoms with Crippen LogP contribution in [0.5, 0.6) is 0 Å². The molecule has 0 aliphatic heterocycles. The lowest BCUT2D eigenvalue weighted by Crippen LogP contribution is -2.65. The highest BCUT2D eigenvalue weighted by Crippen LogP contribution is 2.41. The van der Waals surface area contributed by atoms with Gasteiger partial charge in [-0.1, -0.05) is 26.7 Å². The third kappa shape index (κ3) is 1.74. The van der Waals surface area contributed by atoms with Crippen molar-refractivity contribution in [2.24, 2.45) is 11.1 Å². The molecule has 0 heterocycles. The van der Waals surface area contributed by atoms with E-state index in [1.165, 1.54) is 0 Å². The molecule has 0 aromatic heterocycles. The van der Waals surface area contributed by atoms with Crippen molar-refractivity contribution in [3.63, 3.8) is 0 Å². The lowest BCUT2D eigenvalue weighted by Gasteiger charge is -2.50. The predicted octanol–water partition coefficient (Wildman–Crippen LogP) is 0.533. The number of hydrogen-bond donors (Lipinski definition) is 3. The number of hydrogen-bond acceptors (Lipinski definition) is 3. The van der Waals surface area contributed by atoms with Crippen molar-refractivity contribution in [2.45, 2.75) is 63.6 Å². The Morgan fingerprint density at radius 1 is 1.38 bits per heavy atom. The van der Waals surface area contributed by atoms with E-state index in [-0.39, 0.29) is 23.5 Å². The van der Waals surface area contributed by atoms with Gasteiger partial charge in [0.25, 0.3) is 0 Å². The SMILES string of the molecule is CC1(C)C(O)CC1NC(=O)C1(N)CCCC1. The van der Waals surface area contributed by atoms with Crippen LogP contribution in [0.3, 0.4) is 0 Å². The number of nitrogens with one attached hydrogen (secondary N) is 1. The van der Waals surface area contributed by atoms with Gasteiger partial charge in [-0.3, -0.25) is 4.79 Å². The molecule has 2 rings (SSSR count). The van der Waals surface area contributed by atoms with E-state index in [1.807, 2.05) is 13.8 Å². The molecule has 0 spiro atoms. The molecule has 2 saturated carbocycles. The van der Waals surface area contributed by atoms with Crippen LogP contribution in [0.25, 0.3) is 0 Å². The van der Waals surface area contributed by atoms with Gasteiger partial charge in [-0.05, 0) is 19.3 Å². The Hall–Kier alpha value is -0.610. The molecule has 2 atom stereocenters. The predicted molar refractivity (Wildman–Crippen MR) is 61.7 cm³/mol. The van der Waals surface area contributed by atoms with Crippen LogP contribution in [0.15, 0.2) is 0 Å². The number of rotatable bonds is 2. The van der Waals surface area contributed by atoms with Crippen molar-refractivity contribution in [3.05, 3.63) is 0 Å². The zero-order valence-electron chi connectivity index (χ0n) is 10.1. The Morgan fingerprint density at radius 2 is 1.94 bits per heavy atom. The molecule has 16 heavy (non-hydrogen) atoms. The van der Waals surface area contributed by atoms with E-state index in [2.05, 4.69) is 5.32 Å². The second kappa shape index (κ2) is 3.70. The Labute approximate surface area is 96.6 Å². The third-order valence-electron chi connectivity index (χ3n) is 4.47. The number of carbonyl (C=O) groups is 1. The number of aliphatic hydroxyl groups excluding tert-OH is 1. The van der Waals surface area contributed by atoms with Gasteiger partial charge < -0.3 is 16.2 Å². The first-order chi connectivity index (χ1) is 7.36.